The van der Waals surface area contributed by atoms with Crippen LogP contribution in [-0.4, -0.2) is 51.7 Å². The third-order valence-electron chi connectivity index (χ3n) is 3.74. The number of aryl methyl sites for hydroxylation is 1. The van der Waals surface area contributed by atoms with Crippen molar-refractivity contribution in [3.8, 4) is 0 Å². The minimum Gasteiger partial charge on any atom is -0.373 e. The van der Waals surface area contributed by atoms with Crippen LogP contribution in [0, 0.1) is 6.92 Å². The zero-order chi connectivity index (χ0) is 16.9. The van der Waals surface area contributed by atoms with Gasteiger partial charge in [-0.25, -0.2) is 13.1 Å². The van der Waals surface area contributed by atoms with E-state index in [0.29, 0.717) is 13.1 Å². The standard InChI is InChI=1S/C17H26N2O3S/c1-14-4-6-17(7-5-14)8-11-23(20,21)18-9-10-19-12-15(2)22-16(3)13-19/h4-8,11,15-16,18H,9-10,12-13H2,1-3H3/b11-8+/t15-,16-/m0/s1. The molecule has 0 unspecified atom stereocenters. The Morgan fingerprint density at radius 2 is 1.83 bits per heavy atom. The van der Waals surface area contributed by atoms with E-state index in [2.05, 4.69) is 9.62 Å². The molecule has 2 rings (SSSR count). The molecule has 1 aromatic rings. The summed E-state index contributed by atoms with van der Waals surface area (Å²) in [6.07, 6.45) is 1.99. The van der Waals surface area contributed by atoms with E-state index in [1.165, 1.54) is 5.41 Å². The van der Waals surface area contributed by atoms with Gasteiger partial charge >= 0.3 is 0 Å². The third-order valence-corrected chi connectivity index (χ3v) is 4.84. The fourth-order valence-electron chi connectivity index (χ4n) is 2.71. The maximum atomic E-state index is 12.0. The van der Waals surface area contributed by atoms with Gasteiger partial charge in [0.05, 0.1) is 12.2 Å². The quantitative estimate of drug-likeness (QED) is 0.862. The number of nitrogens with zero attached hydrogens (tertiary/aromatic N) is 1. The molecule has 1 aromatic carbocycles. The van der Waals surface area contributed by atoms with Gasteiger partial charge in [0.1, 0.15) is 0 Å². The molecule has 0 spiro atoms. The van der Waals surface area contributed by atoms with Gasteiger partial charge in [-0.1, -0.05) is 29.8 Å². The second-order valence-corrected chi connectivity index (χ2v) is 7.82. The number of benzene rings is 1. The molecule has 1 heterocycles. The normalized spacial score (nSPS) is 23.4. The highest BCUT2D eigenvalue weighted by Crippen LogP contribution is 2.10. The lowest BCUT2D eigenvalue weighted by atomic mass is 10.2. The molecule has 0 amide bonds. The van der Waals surface area contributed by atoms with E-state index >= 15 is 0 Å². The van der Waals surface area contributed by atoms with Crippen molar-refractivity contribution in [1.82, 2.24) is 9.62 Å². The van der Waals surface area contributed by atoms with Crippen LogP contribution < -0.4 is 4.72 Å². The summed E-state index contributed by atoms with van der Waals surface area (Å²) in [5, 5.41) is 1.22. The van der Waals surface area contributed by atoms with Crippen LogP contribution in [0.2, 0.25) is 0 Å². The van der Waals surface area contributed by atoms with Gasteiger partial charge in [-0.3, -0.25) is 4.90 Å². The second-order valence-electron chi connectivity index (χ2n) is 6.17. The lowest BCUT2D eigenvalue weighted by Crippen LogP contribution is -2.47. The van der Waals surface area contributed by atoms with Gasteiger partial charge in [0.25, 0.3) is 0 Å². The Morgan fingerprint density at radius 3 is 2.43 bits per heavy atom. The summed E-state index contributed by atoms with van der Waals surface area (Å²) in [5.74, 6) is 0. The highest BCUT2D eigenvalue weighted by Gasteiger charge is 2.21. The molecule has 5 nitrogen and oxygen atoms in total. The molecular weight excluding hydrogens is 312 g/mol. The summed E-state index contributed by atoms with van der Waals surface area (Å²) in [6.45, 7) is 8.85. The van der Waals surface area contributed by atoms with Crippen molar-refractivity contribution in [3.05, 3.63) is 40.8 Å². The van der Waals surface area contributed by atoms with E-state index < -0.39 is 10.0 Å². The summed E-state index contributed by atoms with van der Waals surface area (Å²) in [4.78, 5) is 2.23. The maximum Gasteiger partial charge on any atom is 0.233 e. The summed E-state index contributed by atoms with van der Waals surface area (Å²) in [5.41, 5.74) is 2.02. The summed E-state index contributed by atoms with van der Waals surface area (Å²) < 4.78 is 32.3. The number of ether oxygens (including phenoxy) is 1. The van der Waals surface area contributed by atoms with Crippen LogP contribution >= 0.6 is 0 Å². The van der Waals surface area contributed by atoms with E-state index in [9.17, 15) is 8.42 Å². The zero-order valence-corrected chi connectivity index (χ0v) is 14.8. The average molecular weight is 338 g/mol. The number of hydrogen-bond donors (Lipinski definition) is 1. The molecule has 128 valence electrons. The van der Waals surface area contributed by atoms with Gasteiger partial charge < -0.3 is 4.74 Å². The molecule has 23 heavy (non-hydrogen) atoms. The van der Waals surface area contributed by atoms with E-state index in [1.54, 1.807) is 6.08 Å². The predicted octanol–water partition coefficient (Wildman–Crippen LogP) is 1.99. The smallest absolute Gasteiger partial charge is 0.233 e. The molecule has 0 radical (unpaired) electrons. The third kappa shape index (κ3) is 6.43. The Hall–Kier alpha value is -1.21. The molecule has 1 aliphatic rings. The molecule has 6 heteroatoms. The number of morpholine rings is 1. The fraction of sp³-hybridized carbons (Fsp3) is 0.529. The highest BCUT2D eigenvalue weighted by atomic mass is 32.2. The summed E-state index contributed by atoms with van der Waals surface area (Å²) >= 11 is 0. The lowest BCUT2D eigenvalue weighted by molar-refractivity contribution is -0.0671. The Bertz CT molecular complexity index is 616. The van der Waals surface area contributed by atoms with Crippen molar-refractivity contribution >= 4 is 16.1 Å². The van der Waals surface area contributed by atoms with Crippen LogP contribution in [0.15, 0.2) is 29.7 Å². The van der Waals surface area contributed by atoms with Crippen LogP contribution in [-0.2, 0) is 14.8 Å². The van der Waals surface area contributed by atoms with E-state index in [4.69, 9.17) is 4.74 Å². The van der Waals surface area contributed by atoms with Gasteiger partial charge in [-0.05, 0) is 32.4 Å². The molecule has 2 atom stereocenters. The van der Waals surface area contributed by atoms with Crippen LogP contribution in [0.3, 0.4) is 0 Å². The van der Waals surface area contributed by atoms with Gasteiger partial charge in [-0.15, -0.1) is 0 Å². The second kappa shape index (κ2) is 8.06. The zero-order valence-electron chi connectivity index (χ0n) is 14.0. The lowest BCUT2D eigenvalue weighted by Gasteiger charge is -2.35. The largest absolute Gasteiger partial charge is 0.373 e. The highest BCUT2D eigenvalue weighted by molar-refractivity contribution is 7.92. The number of hydrogen-bond acceptors (Lipinski definition) is 4. The Morgan fingerprint density at radius 1 is 1.22 bits per heavy atom. The first-order valence-electron chi connectivity index (χ1n) is 7.96. The van der Waals surface area contributed by atoms with Crippen molar-refractivity contribution in [2.24, 2.45) is 0 Å². The molecule has 0 saturated carbocycles. The Kier molecular flexibility index (Phi) is 6.35. The van der Waals surface area contributed by atoms with E-state index in [1.807, 2.05) is 45.0 Å². The Labute approximate surface area is 139 Å². The molecular formula is C17H26N2O3S. The average Bonchev–Trinajstić information content (AvgIpc) is 2.45. The topological polar surface area (TPSA) is 58.6 Å². The van der Waals surface area contributed by atoms with E-state index in [-0.39, 0.29) is 12.2 Å². The molecule has 1 N–H and O–H groups in total. The molecule has 0 aromatic heterocycles. The van der Waals surface area contributed by atoms with Crippen molar-refractivity contribution in [3.63, 3.8) is 0 Å². The van der Waals surface area contributed by atoms with Gasteiger partial charge in [-0.2, -0.15) is 0 Å². The number of rotatable bonds is 6. The van der Waals surface area contributed by atoms with Crippen molar-refractivity contribution in [2.75, 3.05) is 26.2 Å². The molecule has 1 aliphatic heterocycles. The van der Waals surface area contributed by atoms with Crippen LogP contribution in [0.25, 0.3) is 6.08 Å². The minimum atomic E-state index is -3.41. The first-order valence-corrected chi connectivity index (χ1v) is 9.51. The molecule has 1 saturated heterocycles. The minimum absolute atomic E-state index is 0.191. The molecule has 1 fully saturated rings. The van der Waals surface area contributed by atoms with Gasteiger partial charge in [0, 0.05) is 31.6 Å². The van der Waals surface area contributed by atoms with Crippen LogP contribution in [0.5, 0.6) is 0 Å². The summed E-state index contributed by atoms with van der Waals surface area (Å²) in [6, 6.07) is 7.72. The first-order chi connectivity index (χ1) is 10.8. The monoisotopic (exact) mass is 338 g/mol. The van der Waals surface area contributed by atoms with Crippen LogP contribution in [0.1, 0.15) is 25.0 Å². The van der Waals surface area contributed by atoms with Gasteiger partial charge in [0.15, 0.2) is 0 Å². The van der Waals surface area contributed by atoms with Crippen molar-refractivity contribution < 1.29 is 13.2 Å². The van der Waals surface area contributed by atoms with Gasteiger partial charge in [0.2, 0.25) is 10.0 Å². The van der Waals surface area contributed by atoms with Crippen molar-refractivity contribution in [1.29, 1.82) is 0 Å². The van der Waals surface area contributed by atoms with Crippen LogP contribution in [0.4, 0.5) is 0 Å². The molecule has 0 bridgehead atoms. The summed E-state index contributed by atoms with van der Waals surface area (Å²) in [7, 11) is -3.41. The maximum absolute atomic E-state index is 12.0. The van der Waals surface area contributed by atoms with E-state index in [0.717, 1.165) is 24.2 Å². The predicted molar refractivity (Wildman–Crippen MR) is 93.6 cm³/mol. The first kappa shape index (κ1) is 18.1. The SMILES string of the molecule is Cc1ccc(/C=C/S(=O)(=O)NCCN2C[C@H](C)O[C@@H](C)C2)cc1. The number of sulfonamides is 1. The Balaban J connectivity index is 1.80. The fourth-order valence-corrected chi connectivity index (χ4v) is 3.52. The number of nitrogens with one attached hydrogen (secondary N) is 1. The molecule has 0 aliphatic carbocycles. The van der Waals surface area contributed by atoms with Crippen molar-refractivity contribution in [2.45, 2.75) is 33.0 Å².